The van der Waals surface area contributed by atoms with E-state index >= 15 is 0 Å². The van der Waals surface area contributed by atoms with Crippen LogP contribution in [-0.4, -0.2) is 6.04 Å². The molecular weight excluding hydrogens is 146 g/mol. The van der Waals surface area contributed by atoms with Gasteiger partial charge in [-0.05, 0) is 26.2 Å². The third-order valence-electron chi connectivity index (χ3n) is 2.72. The Hall–Kier alpha value is -0.460. The second-order valence-corrected chi connectivity index (χ2v) is 3.65. The molecule has 0 heterocycles. The maximum atomic E-state index is 3.62. The van der Waals surface area contributed by atoms with Gasteiger partial charge in [0.2, 0.25) is 0 Å². The molecule has 0 atom stereocenters. The Morgan fingerprint density at radius 2 is 2.00 bits per heavy atom. The molecule has 0 unspecified atom stereocenters. The summed E-state index contributed by atoms with van der Waals surface area (Å²) in [6, 6.07) is 0.768. The maximum Gasteiger partial charge on any atom is 0.0258 e. The van der Waals surface area contributed by atoms with Crippen molar-refractivity contribution in [3.63, 3.8) is 0 Å². The van der Waals surface area contributed by atoms with Crippen molar-refractivity contribution in [2.45, 2.75) is 58.4 Å². The van der Waals surface area contributed by atoms with E-state index in [2.05, 4.69) is 25.2 Å². The highest BCUT2D eigenvalue weighted by Crippen LogP contribution is 2.18. The van der Waals surface area contributed by atoms with Gasteiger partial charge in [0.15, 0.2) is 0 Å². The van der Waals surface area contributed by atoms with Gasteiger partial charge in [-0.25, -0.2) is 0 Å². The van der Waals surface area contributed by atoms with Gasteiger partial charge in [-0.3, -0.25) is 0 Å². The predicted octanol–water partition coefficient (Wildman–Crippen LogP) is 3.22. The van der Waals surface area contributed by atoms with Gasteiger partial charge in [0, 0.05) is 11.7 Å². The number of allylic oxidation sites excluding steroid dienone is 2. The Balaban J connectivity index is 2.28. The van der Waals surface area contributed by atoms with Gasteiger partial charge >= 0.3 is 0 Å². The Labute approximate surface area is 76.2 Å². The highest BCUT2D eigenvalue weighted by molar-refractivity contribution is 4.98. The maximum absolute atomic E-state index is 3.62. The normalized spacial score (nSPS) is 21.0. The summed E-state index contributed by atoms with van der Waals surface area (Å²) in [5.41, 5.74) is 1.42. The molecule has 1 rings (SSSR count). The molecular formula is C11H21N. The molecule has 1 N–H and O–H groups in total. The second kappa shape index (κ2) is 5.23. The van der Waals surface area contributed by atoms with Gasteiger partial charge in [-0.2, -0.15) is 0 Å². The average molecular weight is 167 g/mol. The number of rotatable bonds is 3. The van der Waals surface area contributed by atoms with Crippen molar-refractivity contribution in [1.82, 2.24) is 5.32 Å². The van der Waals surface area contributed by atoms with Gasteiger partial charge in [0.25, 0.3) is 0 Å². The molecule has 0 aromatic heterocycles. The molecule has 0 radical (unpaired) electrons. The summed E-state index contributed by atoms with van der Waals surface area (Å²) in [6.07, 6.45) is 10.4. The van der Waals surface area contributed by atoms with Crippen molar-refractivity contribution < 1.29 is 0 Å². The van der Waals surface area contributed by atoms with Crippen LogP contribution in [0.2, 0.25) is 0 Å². The van der Waals surface area contributed by atoms with Crippen molar-refractivity contribution in [3.8, 4) is 0 Å². The van der Waals surface area contributed by atoms with Gasteiger partial charge in [-0.15, -0.1) is 0 Å². The van der Waals surface area contributed by atoms with Crippen LogP contribution in [0.1, 0.15) is 52.4 Å². The molecule has 0 aliphatic heterocycles. The average Bonchev–Trinajstić information content (AvgIpc) is 2.16. The van der Waals surface area contributed by atoms with Crippen LogP contribution in [0.15, 0.2) is 11.8 Å². The zero-order valence-electron chi connectivity index (χ0n) is 8.40. The first-order valence-electron chi connectivity index (χ1n) is 5.28. The summed E-state index contributed by atoms with van der Waals surface area (Å²) in [6.45, 7) is 4.33. The zero-order valence-corrected chi connectivity index (χ0v) is 8.40. The minimum Gasteiger partial charge on any atom is -0.386 e. The Morgan fingerprint density at radius 3 is 2.50 bits per heavy atom. The van der Waals surface area contributed by atoms with E-state index < -0.39 is 0 Å². The minimum absolute atomic E-state index is 0.768. The molecule has 1 saturated carbocycles. The van der Waals surface area contributed by atoms with Crippen LogP contribution in [0.3, 0.4) is 0 Å². The topological polar surface area (TPSA) is 12.0 Å². The molecule has 1 nitrogen and oxygen atoms in total. The van der Waals surface area contributed by atoms with E-state index in [9.17, 15) is 0 Å². The molecule has 0 bridgehead atoms. The molecule has 0 aromatic rings. The van der Waals surface area contributed by atoms with Crippen LogP contribution in [0, 0.1) is 0 Å². The summed E-state index contributed by atoms with van der Waals surface area (Å²) in [7, 11) is 0. The van der Waals surface area contributed by atoms with Crippen LogP contribution in [0.4, 0.5) is 0 Å². The fraction of sp³-hybridized carbons (Fsp3) is 0.818. The monoisotopic (exact) mass is 167 g/mol. The summed E-state index contributed by atoms with van der Waals surface area (Å²) in [5.74, 6) is 0. The molecule has 0 aromatic carbocycles. The molecule has 1 fully saturated rings. The van der Waals surface area contributed by atoms with Gasteiger partial charge in [-0.1, -0.05) is 32.3 Å². The van der Waals surface area contributed by atoms with E-state index in [-0.39, 0.29) is 0 Å². The Kier molecular flexibility index (Phi) is 4.20. The van der Waals surface area contributed by atoms with E-state index in [4.69, 9.17) is 0 Å². The lowest BCUT2D eigenvalue weighted by Crippen LogP contribution is -2.30. The molecule has 0 amide bonds. The van der Waals surface area contributed by atoms with Crippen LogP contribution < -0.4 is 5.32 Å². The van der Waals surface area contributed by atoms with Crippen LogP contribution in [0.25, 0.3) is 0 Å². The molecule has 12 heavy (non-hydrogen) atoms. The Bertz CT molecular complexity index is 143. The SMILES string of the molecule is CC=C(CC)NC1CCCCC1. The standard InChI is InChI=1S/C11H21N/c1-3-10(4-2)12-11-8-6-5-7-9-11/h3,11-12H,4-9H2,1-2H3. The minimum atomic E-state index is 0.768. The molecule has 1 aliphatic rings. The second-order valence-electron chi connectivity index (χ2n) is 3.65. The van der Waals surface area contributed by atoms with E-state index in [1.54, 1.807) is 0 Å². The van der Waals surface area contributed by atoms with Crippen molar-refractivity contribution in [1.29, 1.82) is 0 Å². The number of nitrogens with one attached hydrogen (secondary N) is 1. The first-order chi connectivity index (χ1) is 5.86. The lowest BCUT2D eigenvalue weighted by atomic mass is 9.95. The predicted molar refractivity (Wildman–Crippen MR) is 54.1 cm³/mol. The molecule has 1 aliphatic carbocycles. The summed E-state index contributed by atoms with van der Waals surface area (Å²) in [5, 5.41) is 3.62. The van der Waals surface area contributed by atoms with E-state index in [1.165, 1.54) is 37.8 Å². The van der Waals surface area contributed by atoms with Crippen LogP contribution in [0.5, 0.6) is 0 Å². The number of hydrogen-bond acceptors (Lipinski definition) is 1. The van der Waals surface area contributed by atoms with Gasteiger partial charge < -0.3 is 5.32 Å². The zero-order chi connectivity index (χ0) is 8.81. The molecule has 0 spiro atoms. The summed E-state index contributed by atoms with van der Waals surface area (Å²) in [4.78, 5) is 0. The summed E-state index contributed by atoms with van der Waals surface area (Å²) >= 11 is 0. The van der Waals surface area contributed by atoms with Crippen molar-refractivity contribution in [2.75, 3.05) is 0 Å². The largest absolute Gasteiger partial charge is 0.386 e. The van der Waals surface area contributed by atoms with Crippen molar-refractivity contribution in [3.05, 3.63) is 11.8 Å². The molecule has 0 saturated heterocycles. The smallest absolute Gasteiger partial charge is 0.0258 e. The first kappa shape index (κ1) is 9.63. The highest BCUT2D eigenvalue weighted by Gasteiger charge is 2.12. The van der Waals surface area contributed by atoms with E-state index in [1.807, 2.05) is 0 Å². The van der Waals surface area contributed by atoms with Crippen LogP contribution >= 0.6 is 0 Å². The number of hydrogen-bond donors (Lipinski definition) is 1. The fourth-order valence-electron chi connectivity index (χ4n) is 1.90. The van der Waals surface area contributed by atoms with Crippen molar-refractivity contribution >= 4 is 0 Å². The molecule has 70 valence electrons. The van der Waals surface area contributed by atoms with Crippen molar-refractivity contribution in [2.24, 2.45) is 0 Å². The lowest BCUT2D eigenvalue weighted by Gasteiger charge is -2.24. The van der Waals surface area contributed by atoms with Gasteiger partial charge in [0.1, 0.15) is 0 Å². The van der Waals surface area contributed by atoms with Gasteiger partial charge in [0.05, 0.1) is 0 Å². The highest BCUT2D eigenvalue weighted by atomic mass is 14.9. The van der Waals surface area contributed by atoms with Crippen LogP contribution in [-0.2, 0) is 0 Å². The fourth-order valence-corrected chi connectivity index (χ4v) is 1.90. The van der Waals surface area contributed by atoms with E-state index in [0.29, 0.717) is 0 Å². The first-order valence-corrected chi connectivity index (χ1v) is 5.28. The Morgan fingerprint density at radius 1 is 1.33 bits per heavy atom. The third-order valence-corrected chi connectivity index (χ3v) is 2.72. The lowest BCUT2D eigenvalue weighted by molar-refractivity contribution is 0.393. The molecule has 1 heteroatoms. The summed E-state index contributed by atoms with van der Waals surface area (Å²) < 4.78 is 0. The quantitative estimate of drug-likeness (QED) is 0.680. The van der Waals surface area contributed by atoms with E-state index in [0.717, 1.165) is 12.5 Å². The third kappa shape index (κ3) is 2.88.